The van der Waals surface area contributed by atoms with Crippen LogP contribution in [0.4, 0.5) is 0 Å². The smallest absolute Gasteiger partial charge is 0.316 e. The summed E-state index contributed by atoms with van der Waals surface area (Å²) in [5, 5.41) is 3.49. The summed E-state index contributed by atoms with van der Waals surface area (Å²) in [4.78, 5) is 11.4. The molecule has 1 fully saturated rings. The van der Waals surface area contributed by atoms with Gasteiger partial charge in [-0.3, -0.25) is 4.79 Å². The minimum Gasteiger partial charge on any atom is -0.459 e. The van der Waals surface area contributed by atoms with Crippen LogP contribution in [0, 0.1) is 0 Å². The fourth-order valence-electron chi connectivity index (χ4n) is 1.96. The van der Waals surface area contributed by atoms with E-state index in [4.69, 9.17) is 4.74 Å². The Labute approximate surface area is 109 Å². The summed E-state index contributed by atoms with van der Waals surface area (Å²) in [7, 11) is 0. The van der Waals surface area contributed by atoms with Gasteiger partial charge in [0.05, 0.1) is 5.75 Å². The van der Waals surface area contributed by atoms with Crippen molar-refractivity contribution in [1.29, 1.82) is 0 Å². The minimum atomic E-state index is -0.356. The van der Waals surface area contributed by atoms with Crippen molar-refractivity contribution in [2.45, 2.75) is 58.1 Å². The molecule has 4 heteroatoms. The van der Waals surface area contributed by atoms with Crippen LogP contribution in [-0.4, -0.2) is 35.7 Å². The van der Waals surface area contributed by atoms with Crippen molar-refractivity contribution in [2.24, 2.45) is 0 Å². The summed E-state index contributed by atoms with van der Waals surface area (Å²) >= 11 is 1.68. The van der Waals surface area contributed by atoms with Gasteiger partial charge in [0.2, 0.25) is 0 Å². The number of ether oxygens (including phenoxy) is 1. The highest BCUT2D eigenvalue weighted by Gasteiger charge is 2.16. The molecule has 1 N–H and O–H groups in total. The van der Waals surface area contributed by atoms with Gasteiger partial charge < -0.3 is 10.1 Å². The van der Waals surface area contributed by atoms with Gasteiger partial charge in [0.1, 0.15) is 5.60 Å². The highest BCUT2D eigenvalue weighted by molar-refractivity contribution is 7.99. The fourth-order valence-corrected chi connectivity index (χ4v) is 2.70. The third kappa shape index (κ3) is 7.66. The second kappa shape index (κ2) is 7.27. The van der Waals surface area contributed by atoms with Gasteiger partial charge in [0, 0.05) is 6.04 Å². The summed E-state index contributed by atoms with van der Waals surface area (Å²) in [6, 6.07) is 0.720. The van der Waals surface area contributed by atoms with E-state index in [1.807, 2.05) is 20.8 Å². The normalized spacial score (nSPS) is 20.5. The van der Waals surface area contributed by atoms with E-state index in [0.717, 1.165) is 11.8 Å². The Hall–Kier alpha value is -0.220. The van der Waals surface area contributed by atoms with Crippen LogP contribution >= 0.6 is 11.8 Å². The quantitative estimate of drug-likeness (QED) is 0.588. The topological polar surface area (TPSA) is 38.3 Å². The average Bonchev–Trinajstić information content (AvgIpc) is 2.67. The highest BCUT2D eigenvalue weighted by atomic mass is 32.2. The van der Waals surface area contributed by atoms with Crippen molar-refractivity contribution in [3.8, 4) is 0 Å². The van der Waals surface area contributed by atoms with E-state index in [0.29, 0.717) is 5.75 Å². The number of hydrogen-bond donors (Lipinski definition) is 1. The Morgan fingerprint density at radius 3 is 2.82 bits per heavy atom. The van der Waals surface area contributed by atoms with Gasteiger partial charge in [0.25, 0.3) is 0 Å². The zero-order valence-electron chi connectivity index (χ0n) is 11.3. The molecule has 0 aromatic heterocycles. The highest BCUT2D eigenvalue weighted by Crippen LogP contribution is 2.14. The standard InChI is InChI=1S/C13H25NO2S/c1-13(2,3)16-12(15)10-17-9-5-7-11-6-4-8-14-11/h11,14H,4-10H2,1-3H3. The molecule has 17 heavy (non-hydrogen) atoms. The maximum absolute atomic E-state index is 11.4. The molecule has 0 amide bonds. The lowest BCUT2D eigenvalue weighted by molar-refractivity contribution is -0.151. The third-order valence-electron chi connectivity index (χ3n) is 2.64. The molecule has 1 rings (SSSR count). The van der Waals surface area contributed by atoms with Crippen molar-refractivity contribution in [2.75, 3.05) is 18.1 Å². The molecule has 1 aliphatic rings. The van der Waals surface area contributed by atoms with Crippen LogP contribution < -0.4 is 5.32 Å². The summed E-state index contributed by atoms with van der Waals surface area (Å²) in [5.41, 5.74) is -0.356. The fraction of sp³-hybridized carbons (Fsp3) is 0.923. The van der Waals surface area contributed by atoms with Gasteiger partial charge in [0.15, 0.2) is 0 Å². The van der Waals surface area contributed by atoms with Crippen LogP contribution in [0.1, 0.15) is 46.5 Å². The first-order valence-corrected chi connectivity index (χ1v) is 7.66. The van der Waals surface area contributed by atoms with E-state index in [1.54, 1.807) is 11.8 Å². The SMILES string of the molecule is CC(C)(C)OC(=O)CSCCCC1CCCN1. The van der Waals surface area contributed by atoms with Crippen LogP contribution in [0.2, 0.25) is 0 Å². The number of hydrogen-bond acceptors (Lipinski definition) is 4. The molecular formula is C13H25NO2S. The average molecular weight is 259 g/mol. The summed E-state index contributed by atoms with van der Waals surface area (Å²) in [6.07, 6.45) is 5.05. The van der Waals surface area contributed by atoms with Crippen LogP contribution in [0.25, 0.3) is 0 Å². The van der Waals surface area contributed by atoms with E-state index in [1.165, 1.54) is 32.2 Å². The van der Waals surface area contributed by atoms with Gasteiger partial charge in [-0.25, -0.2) is 0 Å². The van der Waals surface area contributed by atoms with E-state index in [-0.39, 0.29) is 11.6 Å². The molecule has 0 bridgehead atoms. The second-order valence-electron chi connectivity index (χ2n) is 5.57. The zero-order chi connectivity index (χ0) is 12.7. The molecule has 1 unspecified atom stereocenters. The van der Waals surface area contributed by atoms with Crippen LogP contribution in [-0.2, 0) is 9.53 Å². The number of carbonyl (C=O) groups excluding carboxylic acids is 1. The predicted molar refractivity (Wildman–Crippen MR) is 73.4 cm³/mol. The lowest BCUT2D eigenvalue weighted by atomic mass is 10.1. The van der Waals surface area contributed by atoms with Crippen molar-refractivity contribution in [1.82, 2.24) is 5.32 Å². The first kappa shape index (κ1) is 14.8. The molecule has 1 atom stereocenters. The molecule has 1 heterocycles. The minimum absolute atomic E-state index is 0.0958. The monoisotopic (exact) mass is 259 g/mol. The third-order valence-corrected chi connectivity index (χ3v) is 3.66. The molecule has 0 spiro atoms. The maximum atomic E-state index is 11.4. The van der Waals surface area contributed by atoms with Crippen LogP contribution in [0.3, 0.4) is 0 Å². The molecule has 0 radical (unpaired) electrons. The van der Waals surface area contributed by atoms with Crippen LogP contribution in [0.15, 0.2) is 0 Å². The number of esters is 1. The van der Waals surface area contributed by atoms with Crippen LogP contribution in [0.5, 0.6) is 0 Å². The molecule has 3 nitrogen and oxygen atoms in total. The predicted octanol–water partition coefficient (Wildman–Crippen LogP) is 2.59. The van der Waals surface area contributed by atoms with E-state index < -0.39 is 0 Å². The van der Waals surface area contributed by atoms with E-state index >= 15 is 0 Å². The van der Waals surface area contributed by atoms with Gasteiger partial charge in [-0.1, -0.05) is 0 Å². The van der Waals surface area contributed by atoms with Crippen molar-refractivity contribution >= 4 is 17.7 Å². The molecule has 0 saturated carbocycles. The van der Waals surface area contributed by atoms with Crippen molar-refractivity contribution in [3.63, 3.8) is 0 Å². The molecule has 0 aliphatic carbocycles. The second-order valence-corrected chi connectivity index (χ2v) is 6.68. The molecular weight excluding hydrogens is 234 g/mol. The van der Waals surface area contributed by atoms with Gasteiger partial charge in [-0.15, -0.1) is 0 Å². The number of carbonyl (C=O) groups is 1. The number of nitrogens with one attached hydrogen (secondary N) is 1. The number of rotatable bonds is 6. The number of thioether (sulfide) groups is 1. The molecule has 0 aromatic rings. The Morgan fingerprint density at radius 2 is 2.24 bits per heavy atom. The maximum Gasteiger partial charge on any atom is 0.316 e. The molecule has 100 valence electrons. The molecule has 1 saturated heterocycles. The first-order valence-electron chi connectivity index (χ1n) is 6.50. The Kier molecular flexibility index (Phi) is 6.34. The Balaban J connectivity index is 1.94. The lowest BCUT2D eigenvalue weighted by Crippen LogP contribution is -2.25. The lowest BCUT2D eigenvalue weighted by Gasteiger charge is -2.19. The first-order chi connectivity index (χ1) is 7.97. The van der Waals surface area contributed by atoms with E-state index in [2.05, 4.69) is 5.32 Å². The van der Waals surface area contributed by atoms with Gasteiger partial charge in [-0.05, 0) is 58.8 Å². The molecule has 0 aromatic carbocycles. The van der Waals surface area contributed by atoms with E-state index in [9.17, 15) is 4.79 Å². The van der Waals surface area contributed by atoms with Crippen molar-refractivity contribution < 1.29 is 9.53 Å². The molecule has 1 aliphatic heterocycles. The Bertz CT molecular complexity index is 232. The van der Waals surface area contributed by atoms with Gasteiger partial charge >= 0.3 is 5.97 Å². The summed E-state index contributed by atoms with van der Waals surface area (Å²) < 4.78 is 5.25. The Morgan fingerprint density at radius 1 is 1.47 bits per heavy atom. The summed E-state index contributed by atoms with van der Waals surface area (Å²) in [5.74, 6) is 1.44. The summed E-state index contributed by atoms with van der Waals surface area (Å²) in [6.45, 7) is 6.89. The largest absolute Gasteiger partial charge is 0.459 e. The zero-order valence-corrected chi connectivity index (χ0v) is 12.1. The van der Waals surface area contributed by atoms with Crippen molar-refractivity contribution in [3.05, 3.63) is 0 Å². The van der Waals surface area contributed by atoms with Gasteiger partial charge in [-0.2, -0.15) is 11.8 Å².